The lowest BCUT2D eigenvalue weighted by Crippen LogP contribution is -2.29. The second-order valence-corrected chi connectivity index (χ2v) is 8.93. The molecule has 0 spiro atoms. The molecule has 0 bridgehead atoms. The van der Waals surface area contributed by atoms with Gasteiger partial charge in [0, 0.05) is 5.56 Å². The minimum absolute atomic E-state index is 0.0900. The summed E-state index contributed by atoms with van der Waals surface area (Å²) in [7, 11) is 0. The molecule has 0 unspecified atom stereocenters. The van der Waals surface area contributed by atoms with Gasteiger partial charge < -0.3 is 0 Å². The van der Waals surface area contributed by atoms with E-state index in [-0.39, 0.29) is 23.8 Å². The Balaban J connectivity index is 1.48. The van der Waals surface area contributed by atoms with Crippen LogP contribution in [0.15, 0.2) is 65.8 Å². The summed E-state index contributed by atoms with van der Waals surface area (Å²) < 4.78 is 0. The molecule has 3 nitrogen and oxygen atoms in total. The number of hydrogen-bond acceptors (Lipinski definition) is 2. The standard InChI is InChI=1S/C28H27NO2/c1-20-9-7-17-28(2,3)25(20)16-15-22-11-6-10-21(19-22)12-8-18-29-26(30)23-13-4-5-14-24(23)27(29)31/h4-6,10-11,13-16,19H,7,9,17-18H2,1-3H3. The van der Waals surface area contributed by atoms with Crippen LogP contribution >= 0.6 is 0 Å². The van der Waals surface area contributed by atoms with Gasteiger partial charge in [0.15, 0.2) is 0 Å². The van der Waals surface area contributed by atoms with E-state index in [1.54, 1.807) is 24.3 Å². The van der Waals surface area contributed by atoms with Gasteiger partial charge in [-0.05, 0) is 67.0 Å². The Morgan fingerprint density at radius 3 is 2.39 bits per heavy atom. The highest BCUT2D eigenvalue weighted by molar-refractivity contribution is 6.21. The van der Waals surface area contributed by atoms with Gasteiger partial charge in [-0.2, -0.15) is 0 Å². The largest absolute Gasteiger partial charge is 0.269 e. The van der Waals surface area contributed by atoms with Crippen molar-refractivity contribution >= 4 is 17.9 Å². The van der Waals surface area contributed by atoms with Crippen LogP contribution in [0.25, 0.3) is 6.08 Å². The van der Waals surface area contributed by atoms with Gasteiger partial charge in [-0.15, -0.1) is 0 Å². The minimum Gasteiger partial charge on any atom is -0.269 e. The molecular weight excluding hydrogens is 382 g/mol. The number of carbonyl (C=O) groups excluding carboxylic acids is 2. The number of amides is 2. The Kier molecular flexibility index (Phi) is 5.65. The van der Waals surface area contributed by atoms with Crippen molar-refractivity contribution in [2.45, 2.75) is 40.0 Å². The first-order chi connectivity index (χ1) is 14.9. The van der Waals surface area contributed by atoms with Crippen molar-refractivity contribution in [3.05, 3.63) is 88.0 Å². The zero-order valence-electron chi connectivity index (χ0n) is 18.4. The predicted octanol–water partition coefficient (Wildman–Crippen LogP) is 5.87. The summed E-state index contributed by atoms with van der Waals surface area (Å²) in [5, 5.41) is 0. The van der Waals surface area contributed by atoms with E-state index in [9.17, 15) is 9.59 Å². The Labute approximate surface area is 184 Å². The molecule has 0 aromatic heterocycles. The minimum atomic E-state index is -0.273. The number of fused-ring (bicyclic) bond motifs is 1. The Morgan fingerprint density at radius 1 is 1.00 bits per heavy atom. The number of hydrogen-bond donors (Lipinski definition) is 0. The summed E-state index contributed by atoms with van der Waals surface area (Å²) in [6.45, 7) is 6.96. The molecule has 0 N–H and O–H groups in total. The number of carbonyl (C=O) groups is 2. The molecule has 4 rings (SSSR count). The van der Waals surface area contributed by atoms with Gasteiger partial charge in [0.05, 0.1) is 17.7 Å². The number of benzene rings is 2. The van der Waals surface area contributed by atoms with Crippen molar-refractivity contribution in [1.82, 2.24) is 4.90 Å². The lowest BCUT2D eigenvalue weighted by Gasteiger charge is -2.32. The lowest BCUT2D eigenvalue weighted by atomic mass is 9.72. The Morgan fingerprint density at radius 2 is 1.71 bits per heavy atom. The molecule has 0 radical (unpaired) electrons. The molecule has 156 valence electrons. The van der Waals surface area contributed by atoms with Crippen LogP contribution in [0, 0.1) is 17.3 Å². The Hall–Kier alpha value is -3.38. The molecule has 1 heterocycles. The summed E-state index contributed by atoms with van der Waals surface area (Å²) in [6.07, 6.45) is 8.05. The molecule has 1 aliphatic carbocycles. The van der Waals surface area contributed by atoms with E-state index in [1.165, 1.54) is 35.3 Å². The number of imide groups is 1. The highest BCUT2D eigenvalue weighted by Gasteiger charge is 2.34. The number of rotatable bonds is 3. The van der Waals surface area contributed by atoms with Crippen LogP contribution < -0.4 is 0 Å². The van der Waals surface area contributed by atoms with Crippen LogP contribution in [0.4, 0.5) is 0 Å². The van der Waals surface area contributed by atoms with Gasteiger partial charge in [-0.25, -0.2) is 0 Å². The monoisotopic (exact) mass is 409 g/mol. The molecule has 2 aromatic carbocycles. The van der Waals surface area contributed by atoms with Crippen LogP contribution in [0.1, 0.15) is 71.9 Å². The summed E-state index contributed by atoms with van der Waals surface area (Å²) in [5.74, 6) is 5.55. The van der Waals surface area contributed by atoms with E-state index in [0.717, 1.165) is 11.1 Å². The van der Waals surface area contributed by atoms with E-state index in [0.29, 0.717) is 11.1 Å². The maximum atomic E-state index is 12.4. The van der Waals surface area contributed by atoms with Crippen LogP contribution in [0.3, 0.4) is 0 Å². The van der Waals surface area contributed by atoms with Gasteiger partial charge in [0.25, 0.3) is 11.8 Å². The predicted molar refractivity (Wildman–Crippen MR) is 124 cm³/mol. The fourth-order valence-electron chi connectivity index (χ4n) is 4.51. The summed E-state index contributed by atoms with van der Waals surface area (Å²) in [4.78, 5) is 26.1. The van der Waals surface area contributed by atoms with Crippen molar-refractivity contribution in [1.29, 1.82) is 0 Å². The fraction of sp³-hybridized carbons (Fsp3) is 0.286. The average Bonchev–Trinajstić information content (AvgIpc) is 2.98. The van der Waals surface area contributed by atoms with Gasteiger partial charge in [0.1, 0.15) is 0 Å². The van der Waals surface area contributed by atoms with Crippen LogP contribution in [0.2, 0.25) is 0 Å². The number of allylic oxidation sites excluding steroid dienone is 3. The van der Waals surface area contributed by atoms with Crippen LogP contribution in [-0.4, -0.2) is 23.3 Å². The third kappa shape index (κ3) is 4.25. The van der Waals surface area contributed by atoms with Gasteiger partial charge in [0.2, 0.25) is 0 Å². The first-order valence-electron chi connectivity index (χ1n) is 10.8. The molecule has 0 atom stereocenters. The first kappa shape index (κ1) is 20.9. The van der Waals surface area contributed by atoms with Crippen molar-refractivity contribution in [3.8, 4) is 11.8 Å². The molecule has 1 aliphatic heterocycles. The third-order valence-electron chi connectivity index (χ3n) is 6.22. The molecule has 2 aromatic rings. The fourth-order valence-corrected chi connectivity index (χ4v) is 4.51. The lowest BCUT2D eigenvalue weighted by molar-refractivity contribution is 0.0675. The molecule has 2 amide bonds. The average molecular weight is 410 g/mol. The molecule has 2 aliphatic rings. The Bertz CT molecular complexity index is 1140. The highest BCUT2D eigenvalue weighted by Crippen LogP contribution is 2.40. The first-order valence-corrected chi connectivity index (χ1v) is 10.8. The van der Waals surface area contributed by atoms with E-state index in [1.807, 2.05) is 18.2 Å². The van der Waals surface area contributed by atoms with E-state index < -0.39 is 0 Å². The molecule has 31 heavy (non-hydrogen) atoms. The smallest absolute Gasteiger partial charge is 0.262 e. The summed E-state index contributed by atoms with van der Waals surface area (Å²) >= 11 is 0. The molecular formula is C28H27NO2. The molecule has 0 saturated heterocycles. The van der Waals surface area contributed by atoms with Gasteiger partial charge in [-0.1, -0.05) is 67.7 Å². The van der Waals surface area contributed by atoms with E-state index >= 15 is 0 Å². The van der Waals surface area contributed by atoms with Crippen molar-refractivity contribution in [2.75, 3.05) is 6.54 Å². The van der Waals surface area contributed by atoms with Gasteiger partial charge in [-0.3, -0.25) is 14.5 Å². The quantitative estimate of drug-likeness (QED) is 0.469. The summed E-state index contributed by atoms with van der Waals surface area (Å²) in [6, 6.07) is 14.9. The second kappa shape index (κ2) is 8.40. The zero-order chi connectivity index (χ0) is 22.0. The van der Waals surface area contributed by atoms with Crippen molar-refractivity contribution in [2.24, 2.45) is 5.41 Å². The maximum absolute atomic E-state index is 12.4. The second-order valence-electron chi connectivity index (χ2n) is 8.93. The van der Waals surface area contributed by atoms with E-state index in [2.05, 4.69) is 50.8 Å². The SMILES string of the molecule is CC1=C(C=Cc2cccc(C#CCN3C(=O)c4ccccc4C3=O)c2)C(C)(C)CCC1. The van der Waals surface area contributed by atoms with Gasteiger partial charge >= 0.3 is 0 Å². The van der Waals surface area contributed by atoms with Crippen molar-refractivity contribution in [3.63, 3.8) is 0 Å². The molecule has 3 heteroatoms. The highest BCUT2D eigenvalue weighted by atomic mass is 16.2. The van der Waals surface area contributed by atoms with E-state index in [4.69, 9.17) is 0 Å². The normalized spacial score (nSPS) is 17.7. The third-order valence-corrected chi connectivity index (χ3v) is 6.22. The van der Waals surface area contributed by atoms with Crippen molar-refractivity contribution < 1.29 is 9.59 Å². The van der Waals surface area contributed by atoms with Crippen LogP contribution in [0.5, 0.6) is 0 Å². The van der Waals surface area contributed by atoms with Crippen LogP contribution in [-0.2, 0) is 0 Å². The summed E-state index contributed by atoms with van der Waals surface area (Å²) in [5.41, 5.74) is 5.99. The number of nitrogens with zero attached hydrogens (tertiary/aromatic N) is 1. The maximum Gasteiger partial charge on any atom is 0.262 e. The topological polar surface area (TPSA) is 37.4 Å². The molecule has 0 saturated carbocycles. The molecule has 0 fully saturated rings. The zero-order valence-corrected chi connectivity index (χ0v) is 18.4.